The van der Waals surface area contributed by atoms with E-state index in [4.69, 9.17) is 4.74 Å². The maximum atomic E-state index is 12.0. The molecular weight excluding hydrogens is 488 g/mol. The number of hydrogen-bond acceptors (Lipinski definition) is 6. The minimum Gasteiger partial charge on any atom is -0.490 e. The van der Waals surface area contributed by atoms with Crippen LogP contribution in [0.15, 0.2) is 43.1 Å². The number of rotatable bonds is 5. The summed E-state index contributed by atoms with van der Waals surface area (Å²) in [4.78, 5) is 18.5. The number of aryl methyl sites for hydroxylation is 1. The van der Waals surface area contributed by atoms with Gasteiger partial charge in [-0.25, -0.2) is 0 Å². The van der Waals surface area contributed by atoms with Crippen molar-refractivity contribution in [2.45, 2.75) is 38.7 Å². The summed E-state index contributed by atoms with van der Waals surface area (Å²) in [6.07, 6.45) is 7.30. The maximum absolute atomic E-state index is 12.0. The van der Waals surface area contributed by atoms with Crippen molar-refractivity contribution in [3.8, 4) is 22.9 Å². The normalized spacial score (nSPS) is 19.6. The van der Waals surface area contributed by atoms with Crippen molar-refractivity contribution in [2.75, 3.05) is 51.2 Å². The molecule has 0 bridgehead atoms. The van der Waals surface area contributed by atoms with E-state index in [1.165, 1.54) is 6.08 Å². The van der Waals surface area contributed by atoms with Gasteiger partial charge in [0.05, 0.1) is 23.0 Å². The number of ether oxygens (including phenoxy) is 1. The average molecular weight is 525 g/mol. The molecule has 6 rings (SSSR count). The Labute approximate surface area is 229 Å². The molecule has 1 spiro atoms. The van der Waals surface area contributed by atoms with E-state index in [0.29, 0.717) is 5.56 Å². The first-order valence-electron chi connectivity index (χ1n) is 13.9. The largest absolute Gasteiger partial charge is 0.490 e. The van der Waals surface area contributed by atoms with Crippen molar-refractivity contribution in [1.29, 1.82) is 5.26 Å². The van der Waals surface area contributed by atoms with Crippen LogP contribution in [0.25, 0.3) is 22.0 Å². The lowest BCUT2D eigenvalue weighted by Crippen LogP contribution is -2.61. The number of likely N-dealkylation sites (tertiary alicyclic amines) is 2. The number of anilines is 1. The lowest BCUT2D eigenvalue weighted by molar-refractivity contribution is -0.139. The molecule has 3 fully saturated rings. The number of H-pyrrole nitrogens is 1. The van der Waals surface area contributed by atoms with Crippen molar-refractivity contribution in [3.05, 3.63) is 54.2 Å². The first-order chi connectivity index (χ1) is 18.9. The molecule has 1 amide bonds. The first kappa shape index (κ1) is 25.4. The summed E-state index contributed by atoms with van der Waals surface area (Å²) in [6, 6.07) is 10.8. The molecule has 3 aliphatic rings. The second kappa shape index (κ2) is 10.0. The number of carbonyl (C=O) groups excluding carboxylic acids is 1. The molecule has 0 radical (unpaired) electrons. The van der Waals surface area contributed by atoms with E-state index in [-0.39, 0.29) is 17.4 Å². The number of benzene rings is 2. The van der Waals surface area contributed by atoms with Gasteiger partial charge in [0.2, 0.25) is 5.91 Å². The van der Waals surface area contributed by atoms with E-state index in [1.807, 2.05) is 17.2 Å². The molecule has 8 heteroatoms. The summed E-state index contributed by atoms with van der Waals surface area (Å²) < 4.78 is 6.69. The molecule has 8 nitrogen and oxygen atoms in total. The van der Waals surface area contributed by atoms with E-state index in [0.717, 1.165) is 104 Å². The van der Waals surface area contributed by atoms with Gasteiger partial charge in [0.15, 0.2) is 0 Å². The van der Waals surface area contributed by atoms with Crippen LogP contribution in [0.3, 0.4) is 0 Å². The van der Waals surface area contributed by atoms with Gasteiger partial charge in [-0.05, 0) is 69.5 Å². The molecule has 3 aliphatic heterocycles. The van der Waals surface area contributed by atoms with Gasteiger partial charge in [-0.15, -0.1) is 0 Å². The summed E-state index contributed by atoms with van der Waals surface area (Å²) in [5.41, 5.74) is 5.70. The summed E-state index contributed by atoms with van der Waals surface area (Å²) >= 11 is 0. The quantitative estimate of drug-likeness (QED) is 0.495. The van der Waals surface area contributed by atoms with Gasteiger partial charge in [-0.2, -0.15) is 10.4 Å². The number of hydrogen-bond donors (Lipinski definition) is 1. The highest BCUT2D eigenvalue weighted by Crippen LogP contribution is 2.46. The number of carbonyl (C=O) groups is 1. The van der Waals surface area contributed by atoms with E-state index >= 15 is 0 Å². The number of nitrogens with one attached hydrogen (secondary N) is 1. The topological polar surface area (TPSA) is 88.5 Å². The lowest BCUT2D eigenvalue weighted by Gasteiger charge is -2.54. The molecule has 0 saturated carbocycles. The zero-order valence-electron chi connectivity index (χ0n) is 22.9. The van der Waals surface area contributed by atoms with E-state index in [9.17, 15) is 10.1 Å². The van der Waals surface area contributed by atoms with E-state index in [2.05, 4.69) is 64.8 Å². The monoisotopic (exact) mass is 524 g/mol. The second-order valence-corrected chi connectivity index (χ2v) is 11.5. The third-order valence-electron chi connectivity index (χ3n) is 9.00. The molecule has 2 aromatic carbocycles. The molecule has 39 heavy (non-hydrogen) atoms. The van der Waals surface area contributed by atoms with Crippen LogP contribution in [-0.4, -0.2) is 78.3 Å². The number of aromatic amines is 1. The van der Waals surface area contributed by atoms with Crippen LogP contribution in [0.1, 0.15) is 36.8 Å². The van der Waals surface area contributed by atoms with Crippen LogP contribution in [-0.2, 0) is 4.79 Å². The smallest absolute Gasteiger partial charge is 0.245 e. The predicted molar refractivity (Wildman–Crippen MR) is 153 cm³/mol. The minimum absolute atomic E-state index is 0.0171. The van der Waals surface area contributed by atoms with Crippen molar-refractivity contribution in [3.63, 3.8) is 0 Å². The number of piperidine rings is 2. The van der Waals surface area contributed by atoms with E-state index in [1.54, 1.807) is 0 Å². The number of nitriles is 1. The van der Waals surface area contributed by atoms with Crippen LogP contribution < -0.4 is 9.64 Å². The van der Waals surface area contributed by atoms with Crippen molar-refractivity contribution < 1.29 is 9.53 Å². The number of amides is 1. The molecule has 202 valence electrons. The van der Waals surface area contributed by atoms with Crippen LogP contribution in [0.2, 0.25) is 0 Å². The van der Waals surface area contributed by atoms with Gasteiger partial charge in [-0.1, -0.05) is 12.6 Å². The van der Waals surface area contributed by atoms with E-state index < -0.39 is 0 Å². The highest BCUT2D eigenvalue weighted by molar-refractivity contribution is 6.00. The fourth-order valence-corrected chi connectivity index (χ4v) is 6.62. The van der Waals surface area contributed by atoms with Crippen LogP contribution >= 0.6 is 0 Å². The Morgan fingerprint density at radius 2 is 1.90 bits per heavy atom. The molecular formula is C31H36N6O2. The Hall–Kier alpha value is -3.83. The molecule has 4 heterocycles. The van der Waals surface area contributed by atoms with Crippen LogP contribution in [0, 0.1) is 23.7 Å². The first-order valence-corrected chi connectivity index (χ1v) is 13.9. The number of aromatic nitrogens is 2. The van der Waals surface area contributed by atoms with Gasteiger partial charge < -0.3 is 19.4 Å². The Morgan fingerprint density at radius 3 is 2.59 bits per heavy atom. The van der Waals surface area contributed by atoms with Gasteiger partial charge in [0, 0.05) is 61.2 Å². The summed E-state index contributed by atoms with van der Waals surface area (Å²) in [5.74, 6) is 0.788. The maximum Gasteiger partial charge on any atom is 0.245 e. The molecule has 1 aromatic heterocycles. The zero-order chi connectivity index (χ0) is 27.1. The highest BCUT2D eigenvalue weighted by atomic mass is 16.5. The molecule has 1 N–H and O–H groups in total. The molecule has 0 atom stereocenters. The lowest BCUT2D eigenvalue weighted by atomic mass is 9.71. The fourth-order valence-electron chi connectivity index (χ4n) is 6.62. The third-order valence-corrected chi connectivity index (χ3v) is 9.00. The van der Waals surface area contributed by atoms with Crippen molar-refractivity contribution in [1.82, 2.24) is 20.0 Å². The van der Waals surface area contributed by atoms with Crippen molar-refractivity contribution in [2.24, 2.45) is 5.41 Å². The summed E-state index contributed by atoms with van der Waals surface area (Å²) in [5, 5.41) is 19.0. The van der Waals surface area contributed by atoms with Gasteiger partial charge in [0.1, 0.15) is 17.9 Å². The molecule has 0 aliphatic carbocycles. The van der Waals surface area contributed by atoms with Gasteiger partial charge in [0.25, 0.3) is 0 Å². The number of fused-ring (bicyclic) bond motifs is 1. The SMILES string of the molecule is C=CC(=O)N1CC2(CCN(c3ccc(OC4CCN(C)CC4)c(-c4c(C)ccc5[nH]ncc45)c3C#N)CC2)C1. The summed E-state index contributed by atoms with van der Waals surface area (Å²) in [6.45, 7) is 11.0. The standard InChI is InChI=1S/C31H36N6O2/c1-4-28(38)37-19-31(20-37)11-15-36(16-12-31)26-7-8-27(39-22-9-13-35(3)14-10-22)30(23(26)17-32)29-21(2)5-6-25-24(29)18-33-34-25/h4-8,18,22H,1,9-16,19-20H2,2-3H3,(H,33,34). The minimum atomic E-state index is 0.0171. The van der Waals surface area contributed by atoms with Gasteiger partial charge >= 0.3 is 0 Å². The highest BCUT2D eigenvalue weighted by Gasteiger charge is 2.46. The Morgan fingerprint density at radius 1 is 1.15 bits per heavy atom. The van der Waals surface area contributed by atoms with Crippen LogP contribution in [0.4, 0.5) is 5.69 Å². The Bertz CT molecular complexity index is 1450. The predicted octanol–water partition coefficient (Wildman–Crippen LogP) is 4.50. The second-order valence-electron chi connectivity index (χ2n) is 11.5. The number of nitrogens with zero attached hydrogens (tertiary/aromatic N) is 5. The molecule has 3 aromatic rings. The average Bonchev–Trinajstić information content (AvgIpc) is 3.41. The third kappa shape index (κ3) is 4.55. The Balaban J connectivity index is 1.36. The fraction of sp³-hybridized carbons (Fsp3) is 0.452. The molecule has 3 saturated heterocycles. The molecule has 0 unspecified atom stereocenters. The summed E-state index contributed by atoms with van der Waals surface area (Å²) in [7, 11) is 2.15. The van der Waals surface area contributed by atoms with Crippen molar-refractivity contribution >= 4 is 22.5 Å². The van der Waals surface area contributed by atoms with Gasteiger partial charge in [-0.3, -0.25) is 9.89 Å². The Kier molecular flexibility index (Phi) is 6.56. The van der Waals surface area contributed by atoms with Crippen LogP contribution in [0.5, 0.6) is 5.75 Å². The zero-order valence-corrected chi connectivity index (χ0v) is 22.9.